The van der Waals surface area contributed by atoms with Gasteiger partial charge < -0.3 is 9.88 Å². The minimum absolute atomic E-state index is 0.115. The average molecular weight is 264 g/mol. The largest absolute Gasteiger partial charge is 0.326 e. The predicted molar refractivity (Wildman–Crippen MR) is 71.7 cm³/mol. The molecule has 1 heterocycles. The number of halogens is 1. The van der Waals surface area contributed by atoms with Crippen molar-refractivity contribution >= 4 is 23.2 Å². The summed E-state index contributed by atoms with van der Waals surface area (Å²) < 4.78 is 1.83. The van der Waals surface area contributed by atoms with Crippen LogP contribution in [0.5, 0.6) is 0 Å². The van der Waals surface area contributed by atoms with E-state index in [1.54, 1.807) is 24.5 Å². The summed E-state index contributed by atoms with van der Waals surface area (Å²) in [5.74, 6) is 0.778. The van der Waals surface area contributed by atoms with Crippen LogP contribution in [0.2, 0.25) is 5.02 Å². The summed E-state index contributed by atoms with van der Waals surface area (Å²) in [5, 5.41) is 3.31. The number of amides is 1. The van der Waals surface area contributed by atoms with E-state index in [1.165, 1.54) is 0 Å². The van der Waals surface area contributed by atoms with Crippen molar-refractivity contribution in [1.82, 2.24) is 9.55 Å². The Balaban J connectivity index is 2.04. The second-order valence-electron chi connectivity index (χ2n) is 3.85. The molecule has 4 nitrogen and oxygen atoms in total. The Kier molecular flexibility index (Phi) is 3.99. The molecule has 2 rings (SSSR count). The predicted octanol–water partition coefficient (Wildman–Crippen LogP) is 2.74. The molecule has 1 aromatic carbocycles. The summed E-state index contributed by atoms with van der Waals surface area (Å²) in [6.45, 7) is 2.25. The van der Waals surface area contributed by atoms with Gasteiger partial charge in [0, 0.05) is 18.8 Å². The molecule has 0 aliphatic rings. The van der Waals surface area contributed by atoms with Gasteiger partial charge in [0.15, 0.2) is 0 Å². The van der Waals surface area contributed by atoms with Crippen LogP contribution in [0.3, 0.4) is 0 Å². The van der Waals surface area contributed by atoms with Gasteiger partial charge >= 0.3 is 0 Å². The number of imidazole rings is 1. The molecule has 18 heavy (non-hydrogen) atoms. The number of nitrogens with one attached hydrogen (secondary N) is 1. The van der Waals surface area contributed by atoms with E-state index in [4.69, 9.17) is 11.6 Å². The molecule has 0 atom stereocenters. The van der Waals surface area contributed by atoms with E-state index in [0.717, 1.165) is 12.2 Å². The van der Waals surface area contributed by atoms with Crippen molar-refractivity contribution in [3.63, 3.8) is 0 Å². The number of carbonyl (C=O) groups is 1. The molecule has 0 spiro atoms. The highest BCUT2D eigenvalue weighted by molar-refractivity contribution is 6.33. The minimum Gasteiger partial charge on any atom is -0.326 e. The van der Waals surface area contributed by atoms with E-state index in [0.29, 0.717) is 10.7 Å². The van der Waals surface area contributed by atoms with Crippen molar-refractivity contribution in [2.75, 3.05) is 5.32 Å². The van der Waals surface area contributed by atoms with Crippen molar-refractivity contribution in [2.45, 2.75) is 19.9 Å². The molecule has 1 amide bonds. The Morgan fingerprint density at radius 1 is 1.44 bits per heavy atom. The number of hydrogen-bond acceptors (Lipinski definition) is 2. The SMILES string of the molecule is CCc1nccn1CC(=O)Nc1ccccc1Cl. The number of rotatable bonds is 4. The topological polar surface area (TPSA) is 46.9 Å². The maximum absolute atomic E-state index is 11.9. The van der Waals surface area contributed by atoms with Gasteiger partial charge in [-0.3, -0.25) is 4.79 Å². The number of nitrogens with zero attached hydrogens (tertiary/aromatic N) is 2. The first-order valence-electron chi connectivity index (χ1n) is 5.75. The molecule has 0 saturated heterocycles. The van der Waals surface area contributed by atoms with Gasteiger partial charge in [-0.05, 0) is 12.1 Å². The second-order valence-corrected chi connectivity index (χ2v) is 4.26. The number of aromatic nitrogens is 2. The van der Waals surface area contributed by atoms with Crippen molar-refractivity contribution < 1.29 is 4.79 Å². The second kappa shape index (κ2) is 5.69. The van der Waals surface area contributed by atoms with Gasteiger partial charge in [0.25, 0.3) is 0 Å². The van der Waals surface area contributed by atoms with Gasteiger partial charge in [0.05, 0.1) is 10.7 Å². The molecular formula is C13H14ClN3O. The molecule has 0 saturated carbocycles. The molecule has 0 bridgehead atoms. The first-order chi connectivity index (χ1) is 8.70. The summed E-state index contributed by atoms with van der Waals surface area (Å²) in [4.78, 5) is 16.1. The highest BCUT2D eigenvalue weighted by Gasteiger charge is 2.08. The van der Waals surface area contributed by atoms with E-state index in [1.807, 2.05) is 23.6 Å². The first kappa shape index (κ1) is 12.6. The Morgan fingerprint density at radius 2 is 2.22 bits per heavy atom. The smallest absolute Gasteiger partial charge is 0.244 e. The molecule has 94 valence electrons. The Morgan fingerprint density at radius 3 is 2.94 bits per heavy atom. The van der Waals surface area contributed by atoms with Crippen LogP contribution >= 0.6 is 11.6 Å². The highest BCUT2D eigenvalue weighted by atomic mass is 35.5. The Labute approximate surface area is 111 Å². The Hall–Kier alpha value is -1.81. The van der Waals surface area contributed by atoms with E-state index < -0.39 is 0 Å². The lowest BCUT2D eigenvalue weighted by Gasteiger charge is -2.09. The van der Waals surface area contributed by atoms with Gasteiger partial charge in [-0.25, -0.2) is 4.98 Å². The van der Waals surface area contributed by atoms with Crippen molar-refractivity contribution in [1.29, 1.82) is 0 Å². The van der Waals surface area contributed by atoms with E-state index in [-0.39, 0.29) is 12.5 Å². The molecule has 1 aromatic heterocycles. The van der Waals surface area contributed by atoms with Gasteiger partial charge in [0.2, 0.25) is 5.91 Å². The van der Waals surface area contributed by atoms with Crippen LogP contribution < -0.4 is 5.32 Å². The molecular weight excluding hydrogens is 250 g/mol. The van der Waals surface area contributed by atoms with Gasteiger partial charge in [-0.1, -0.05) is 30.7 Å². The molecule has 0 unspecified atom stereocenters. The normalized spacial score (nSPS) is 10.3. The number of aryl methyl sites for hydroxylation is 1. The molecule has 0 aliphatic heterocycles. The summed E-state index contributed by atoms with van der Waals surface area (Å²) >= 11 is 5.97. The summed E-state index contributed by atoms with van der Waals surface area (Å²) in [7, 11) is 0. The van der Waals surface area contributed by atoms with Crippen molar-refractivity contribution in [2.24, 2.45) is 0 Å². The number of para-hydroxylation sites is 1. The quantitative estimate of drug-likeness (QED) is 0.922. The first-order valence-corrected chi connectivity index (χ1v) is 6.13. The van der Waals surface area contributed by atoms with Gasteiger partial charge in [-0.2, -0.15) is 0 Å². The van der Waals surface area contributed by atoms with Crippen LogP contribution in [-0.4, -0.2) is 15.5 Å². The third-order valence-electron chi connectivity index (χ3n) is 2.58. The van der Waals surface area contributed by atoms with E-state index >= 15 is 0 Å². The number of benzene rings is 1. The van der Waals surface area contributed by atoms with Crippen LogP contribution in [-0.2, 0) is 17.8 Å². The van der Waals surface area contributed by atoms with Gasteiger partial charge in [-0.15, -0.1) is 0 Å². The monoisotopic (exact) mass is 263 g/mol. The number of anilines is 1. The molecule has 0 aliphatic carbocycles. The average Bonchev–Trinajstić information content (AvgIpc) is 2.79. The standard InChI is InChI=1S/C13H14ClN3O/c1-2-12-15-7-8-17(12)9-13(18)16-11-6-4-3-5-10(11)14/h3-8H,2,9H2,1H3,(H,16,18). The fourth-order valence-electron chi connectivity index (χ4n) is 1.71. The van der Waals surface area contributed by atoms with Crippen LogP contribution in [0.4, 0.5) is 5.69 Å². The maximum atomic E-state index is 11.9. The zero-order valence-corrected chi connectivity index (χ0v) is 10.8. The fourth-order valence-corrected chi connectivity index (χ4v) is 1.89. The maximum Gasteiger partial charge on any atom is 0.244 e. The summed E-state index contributed by atoms with van der Waals surface area (Å²) in [6, 6.07) is 7.17. The Bertz CT molecular complexity index is 551. The lowest BCUT2D eigenvalue weighted by Crippen LogP contribution is -2.19. The lowest BCUT2D eigenvalue weighted by molar-refractivity contribution is -0.116. The zero-order chi connectivity index (χ0) is 13.0. The van der Waals surface area contributed by atoms with E-state index in [9.17, 15) is 4.79 Å². The molecule has 5 heteroatoms. The van der Waals surface area contributed by atoms with E-state index in [2.05, 4.69) is 10.3 Å². The molecule has 0 fully saturated rings. The third kappa shape index (κ3) is 2.90. The highest BCUT2D eigenvalue weighted by Crippen LogP contribution is 2.20. The number of carbonyl (C=O) groups excluding carboxylic acids is 1. The molecule has 0 radical (unpaired) electrons. The van der Waals surface area contributed by atoms with Crippen LogP contribution in [0.25, 0.3) is 0 Å². The zero-order valence-electron chi connectivity index (χ0n) is 10.1. The van der Waals surface area contributed by atoms with Crippen molar-refractivity contribution in [3.05, 3.63) is 47.5 Å². The third-order valence-corrected chi connectivity index (χ3v) is 2.91. The van der Waals surface area contributed by atoms with Crippen LogP contribution in [0.1, 0.15) is 12.7 Å². The molecule has 1 N–H and O–H groups in total. The minimum atomic E-state index is -0.115. The van der Waals surface area contributed by atoms with Gasteiger partial charge in [0.1, 0.15) is 12.4 Å². The van der Waals surface area contributed by atoms with Crippen LogP contribution in [0.15, 0.2) is 36.7 Å². The van der Waals surface area contributed by atoms with Crippen LogP contribution in [0, 0.1) is 0 Å². The van der Waals surface area contributed by atoms with Crippen molar-refractivity contribution in [3.8, 4) is 0 Å². The summed E-state index contributed by atoms with van der Waals surface area (Å²) in [5.41, 5.74) is 0.627. The summed E-state index contributed by atoms with van der Waals surface area (Å²) in [6.07, 6.45) is 4.29. The number of hydrogen-bond donors (Lipinski definition) is 1. The molecule has 2 aromatic rings. The lowest BCUT2D eigenvalue weighted by atomic mass is 10.3. The fraction of sp³-hybridized carbons (Fsp3) is 0.231.